The number of amides is 1. The van der Waals surface area contributed by atoms with E-state index in [1.165, 1.54) is 11.1 Å². The molecule has 0 radical (unpaired) electrons. The number of aromatic nitrogens is 1. The average Bonchev–Trinajstić information content (AvgIpc) is 2.91. The van der Waals surface area contributed by atoms with Gasteiger partial charge in [-0.1, -0.05) is 25.1 Å². The Morgan fingerprint density at radius 3 is 2.69 bits per heavy atom. The van der Waals surface area contributed by atoms with E-state index in [0.29, 0.717) is 36.0 Å². The number of nitrogens with zero attached hydrogens (tertiary/aromatic N) is 4. The van der Waals surface area contributed by atoms with Crippen molar-refractivity contribution < 1.29 is 15.0 Å². The SMILES string of the molecule is CCCN(CCN1CCN(C(=O)c2ccc3cccnc3c2O)CC1)C1CCc2cc(O)ccc2C1. The molecule has 1 amide bonds. The largest absolute Gasteiger partial charge is 0.508 e. The first-order valence-electron chi connectivity index (χ1n) is 13.2. The molecule has 5 rings (SSSR count). The number of hydrogen-bond acceptors (Lipinski definition) is 6. The molecule has 0 bridgehead atoms. The monoisotopic (exact) mass is 488 g/mol. The Kier molecular flexibility index (Phi) is 7.39. The van der Waals surface area contributed by atoms with Crippen LogP contribution in [0.15, 0.2) is 48.7 Å². The topological polar surface area (TPSA) is 80.1 Å². The number of phenols is 2. The summed E-state index contributed by atoms with van der Waals surface area (Å²) < 4.78 is 0. The molecule has 7 heteroatoms. The number of pyridine rings is 1. The van der Waals surface area contributed by atoms with Gasteiger partial charge in [0.25, 0.3) is 5.91 Å². The number of piperazine rings is 1. The van der Waals surface area contributed by atoms with E-state index in [0.717, 1.165) is 63.8 Å². The van der Waals surface area contributed by atoms with E-state index in [4.69, 9.17) is 0 Å². The van der Waals surface area contributed by atoms with Crippen LogP contribution in [0.4, 0.5) is 0 Å². The number of carbonyl (C=O) groups is 1. The predicted molar refractivity (Wildman–Crippen MR) is 142 cm³/mol. The predicted octanol–water partition coefficient (Wildman–Crippen LogP) is 3.67. The number of aromatic hydroxyl groups is 2. The van der Waals surface area contributed by atoms with Crippen molar-refractivity contribution >= 4 is 16.8 Å². The molecule has 2 heterocycles. The lowest BCUT2D eigenvalue weighted by Crippen LogP contribution is -2.51. The summed E-state index contributed by atoms with van der Waals surface area (Å²) in [4.78, 5) is 24.3. The second-order valence-corrected chi connectivity index (χ2v) is 10.1. The summed E-state index contributed by atoms with van der Waals surface area (Å²) in [6.45, 7) is 8.34. The van der Waals surface area contributed by atoms with E-state index in [2.05, 4.69) is 27.8 Å². The standard InChI is InChI=1S/C29H36N4O3/c1-2-12-32(24-8-5-23-20-25(34)9-6-22(23)19-24)16-13-31-14-17-33(18-15-31)29(36)26-10-7-21-4-3-11-30-27(21)28(26)35/h3-4,6-7,9-11,20,24,34-35H,2,5,8,12-19H2,1H3. The minimum atomic E-state index is -0.126. The highest BCUT2D eigenvalue weighted by atomic mass is 16.3. The molecule has 1 aliphatic carbocycles. The van der Waals surface area contributed by atoms with Crippen LogP contribution in [0.1, 0.15) is 41.3 Å². The number of phenolic OH excluding ortho intramolecular Hbond substituents is 2. The summed E-state index contributed by atoms with van der Waals surface area (Å²) in [5.41, 5.74) is 3.45. The van der Waals surface area contributed by atoms with Crippen molar-refractivity contribution in [1.29, 1.82) is 0 Å². The molecule has 36 heavy (non-hydrogen) atoms. The van der Waals surface area contributed by atoms with Crippen LogP contribution in [0.3, 0.4) is 0 Å². The molecule has 1 saturated heterocycles. The van der Waals surface area contributed by atoms with Crippen molar-refractivity contribution in [3.8, 4) is 11.5 Å². The highest BCUT2D eigenvalue weighted by molar-refractivity contribution is 6.02. The van der Waals surface area contributed by atoms with Crippen LogP contribution >= 0.6 is 0 Å². The van der Waals surface area contributed by atoms with Gasteiger partial charge in [0.15, 0.2) is 5.75 Å². The van der Waals surface area contributed by atoms with Crippen molar-refractivity contribution in [2.45, 2.75) is 38.6 Å². The lowest BCUT2D eigenvalue weighted by atomic mass is 9.87. The van der Waals surface area contributed by atoms with Crippen molar-refractivity contribution in [1.82, 2.24) is 19.7 Å². The molecule has 1 aromatic heterocycles. The molecule has 190 valence electrons. The third-order valence-electron chi connectivity index (χ3n) is 7.76. The molecule has 2 N–H and O–H groups in total. The van der Waals surface area contributed by atoms with E-state index in [-0.39, 0.29) is 11.7 Å². The zero-order valence-electron chi connectivity index (χ0n) is 21.1. The van der Waals surface area contributed by atoms with Crippen LogP contribution in [0, 0.1) is 0 Å². The van der Waals surface area contributed by atoms with Crippen molar-refractivity contribution in [2.75, 3.05) is 45.8 Å². The molecule has 1 atom stereocenters. The fraction of sp³-hybridized carbons (Fsp3) is 0.448. The third-order valence-corrected chi connectivity index (χ3v) is 7.76. The molecule has 1 fully saturated rings. The van der Waals surface area contributed by atoms with Gasteiger partial charge in [-0.15, -0.1) is 0 Å². The fourth-order valence-corrected chi connectivity index (χ4v) is 5.72. The van der Waals surface area contributed by atoms with E-state index in [1.807, 2.05) is 29.2 Å². The van der Waals surface area contributed by atoms with Gasteiger partial charge in [-0.2, -0.15) is 0 Å². The Morgan fingerprint density at radius 1 is 1.06 bits per heavy atom. The first-order valence-corrected chi connectivity index (χ1v) is 13.2. The number of hydrogen-bond donors (Lipinski definition) is 2. The zero-order chi connectivity index (χ0) is 25.1. The van der Waals surface area contributed by atoms with Gasteiger partial charge in [0.2, 0.25) is 0 Å². The molecular formula is C29H36N4O3. The lowest BCUT2D eigenvalue weighted by Gasteiger charge is -2.39. The molecule has 0 saturated carbocycles. The minimum absolute atomic E-state index is 0.0278. The molecule has 1 aliphatic heterocycles. The van der Waals surface area contributed by atoms with Crippen molar-refractivity contribution in [2.24, 2.45) is 0 Å². The number of rotatable bonds is 7. The Bertz CT molecular complexity index is 1220. The number of aryl methyl sites for hydroxylation is 1. The van der Waals surface area contributed by atoms with Crippen LogP contribution in [0.5, 0.6) is 11.5 Å². The second-order valence-electron chi connectivity index (χ2n) is 10.1. The first kappa shape index (κ1) is 24.5. The normalized spacial score (nSPS) is 18.5. The second kappa shape index (κ2) is 10.8. The van der Waals surface area contributed by atoms with Gasteiger partial charge in [0, 0.05) is 56.9 Å². The fourth-order valence-electron chi connectivity index (χ4n) is 5.72. The van der Waals surface area contributed by atoms with Crippen molar-refractivity contribution in [3.63, 3.8) is 0 Å². The van der Waals surface area contributed by atoms with E-state index >= 15 is 0 Å². The quantitative estimate of drug-likeness (QED) is 0.528. The average molecular weight is 489 g/mol. The Labute approximate surface area is 213 Å². The zero-order valence-corrected chi connectivity index (χ0v) is 21.1. The Hall–Kier alpha value is -3.16. The molecule has 2 aromatic carbocycles. The Balaban J connectivity index is 1.15. The smallest absolute Gasteiger partial charge is 0.257 e. The summed E-state index contributed by atoms with van der Waals surface area (Å²) in [5, 5.41) is 21.3. The van der Waals surface area contributed by atoms with Crippen LogP contribution in [-0.4, -0.2) is 87.7 Å². The minimum Gasteiger partial charge on any atom is -0.508 e. The summed E-state index contributed by atoms with van der Waals surface area (Å²) in [6.07, 6.45) is 5.95. The summed E-state index contributed by atoms with van der Waals surface area (Å²) >= 11 is 0. The lowest BCUT2D eigenvalue weighted by molar-refractivity contribution is 0.0606. The van der Waals surface area contributed by atoms with Crippen molar-refractivity contribution in [3.05, 3.63) is 65.4 Å². The van der Waals surface area contributed by atoms with Crippen LogP contribution < -0.4 is 0 Å². The summed E-state index contributed by atoms with van der Waals surface area (Å²) in [7, 11) is 0. The summed E-state index contributed by atoms with van der Waals surface area (Å²) in [5.74, 6) is 0.210. The molecule has 1 unspecified atom stereocenters. The van der Waals surface area contributed by atoms with E-state index in [9.17, 15) is 15.0 Å². The van der Waals surface area contributed by atoms with E-state index in [1.54, 1.807) is 18.3 Å². The molecule has 0 spiro atoms. The maximum Gasteiger partial charge on any atom is 0.257 e. The third kappa shape index (κ3) is 5.18. The van der Waals surface area contributed by atoms with E-state index < -0.39 is 0 Å². The summed E-state index contributed by atoms with van der Waals surface area (Å²) in [6, 6.07) is 13.6. The van der Waals surface area contributed by atoms with Crippen LogP contribution in [0.25, 0.3) is 10.9 Å². The molecule has 2 aliphatic rings. The van der Waals surface area contributed by atoms with Crippen LogP contribution in [-0.2, 0) is 12.8 Å². The number of carbonyl (C=O) groups excluding carboxylic acids is 1. The molecular weight excluding hydrogens is 452 g/mol. The van der Waals surface area contributed by atoms with Gasteiger partial charge < -0.3 is 15.1 Å². The highest BCUT2D eigenvalue weighted by Gasteiger charge is 2.27. The molecule has 3 aromatic rings. The van der Waals surface area contributed by atoms with Gasteiger partial charge in [0.1, 0.15) is 11.3 Å². The Morgan fingerprint density at radius 2 is 1.89 bits per heavy atom. The highest BCUT2D eigenvalue weighted by Crippen LogP contribution is 2.29. The van der Waals surface area contributed by atoms with Crippen LogP contribution in [0.2, 0.25) is 0 Å². The maximum absolute atomic E-state index is 13.1. The first-order chi connectivity index (χ1) is 17.5. The van der Waals surface area contributed by atoms with Gasteiger partial charge in [-0.25, -0.2) is 0 Å². The maximum atomic E-state index is 13.1. The van der Waals surface area contributed by atoms with Gasteiger partial charge in [-0.3, -0.25) is 19.6 Å². The molecule has 7 nitrogen and oxygen atoms in total. The van der Waals surface area contributed by atoms with Gasteiger partial charge in [0.05, 0.1) is 5.56 Å². The van der Waals surface area contributed by atoms with Gasteiger partial charge >= 0.3 is 0 Å². The number of fused-ring (bicyclic) bond motifs is 2. The number of benzene rings is 2. The van der Waals surface area contributed by atoms with Gasteiger partial charge in [-0.05, 0) is 67.6 Å².